The van der Waals surface area contributed by atoms with Crippen LogP contribution in [0.2, 0.25) is 0 Å². The quantitative estimate of drug-likeness (QED) is 0.298. The molecule has 0 rings (SSSR count). The first-order chi connectivity index (χ1) is 11.5. The smallest absolute Gasteiger partial charge is 0.320 e. The highest BCUT2D eigenvalue weighted by molar-refractivity contribution is 6.63. The zero-order valence-electron chi connectivity index (χ0n) is 15.3. The van der Waals surface area contributed by atoms with Gasteiger partial charge in [0, 0.05) is 6.42 Å². The normalized spacial score (nSPS) is 11.5. The Kier molecular flexibility index (Phi) is 21.7. The molecular formula is C18H37ClN2O3. The van der Waals surface area contributed by atoms with Crippen molar-refractivity contribution in [3.05, 3.63) is 0 Å². The molecule has 0 aromatic heterocycles. The molecule has 1 atom stereocenters. The fourth-order valence-electron chi connectivity index (χ4n) is 2.21. The van der Waals surface area contributed by atoms with Gasteiger partial charge in [0.05, 0.1) is 0 Å². The fraction of sp³-hybridized carbons (Fsp3) is 0.889. The number of carboxylic acids is 1. The van der Waals surface area contributed by atoms with Crippen LogP contribution in [0, 0.1) is 0 Å². The van der Waals surface area contributed by atoms with Gasteiger partial charge in [-0.05, 0) is 37.4 Å². The summed E-state index contributed by atoms with van der Waals surface area (Å²) >= 11 is 5.24. The summed E-state index contributed by atoms with van der Waals surface area (Å²) < 4.78 is 0. The maximum atomic E-state index is 10.4. The zero-order valence-corrected chi connectivity index (χ0v) is 16.0. The topological polar surface area (TPSA) is 106 Å². The number of unbranched alkanes of at least 4 members (excludes halogenated alkanes) is 9. The van der Waals surface area contributed by atoms with E-state index in [0.717, 1.165) is 25.7 Å². The van der Waals surface area contributed by atoms with E-state index >= 15 is 0 Å². The lowest BCUT2D eigenvalue weighted by Gasteiger charge is -2.03. The second-order valence-electron chi connectivity index (χ2n) is 6.16. The molecule has 0 amide bonds. The van der Waals surface area contributed by atoms with Gasteiger partial charge in [-0.25, -0.2) is 0 Å². The number of aliphatic carboxylic acids is 1. The van der Waals surface area contributed by atoms with Crippen LogP contribution in [0.3, 0.4) is 0 Å². The number of rotatable bonds is 15. The van der Waals surface area contributed by atoms with Crippen molar-refractivity contribution in [2.75, 3.05) is 6.54 Å². The van der Waals surface area contributed by atoms with Gasteiger partial charge in [-0.3, -0.25) is 9.59 Å². The summed E-state index contributed by atoms with van der Waals surface area (Å²) in [5, 5.41) is 8.14. The summed E-state index contributed by atoms with van der Waals surface area (Å²) in [5.74, 6) is -0.933. The van der Waals surface area contributed by atoms with Crippen LogP contribution in [0.1, 0.15) is 90.4 Å². The predicted molar refractivity (Wildman–Crippen MR) is 101 cm³/mol. The van der Waals surface area contributed by atoms with Crippen molar-refractivity contribution in [1.29, 1.82) is 0 Å². The minimum absolute atomic E-state index is 0.187. The van der Waals surface area contributed by atoms with Crippen molar-refractivity contribution >= 4 is 22.8 Å². The van der Waals surface area contributed by atoms with Crippen LogP contribution in [0.15, 0.2) is 0 Å². The first-order valence-corrected chi connectivity index (χ1v) is 9.70. The fourth-order valence-corrected chi connectivity index (χ4v) is 2.34. The van der Waals surface area contributed by atoms with Crippen LogP contribution in [0.25, 0.3) is 0 Å². The summed E-state index contributed by atoms with van der Waals surface area (Å²) in [4.78, 5) is 20.6. The van der Waals surface area contributed by atoms with E-state index < -0.39 is 12.0 Å². The summed E-state index contributed by atoms with van der Waals surface area (Å²) in [6.45, 7) is 2.84. The van der Waals surface area contributed by atoms with Gasteiger partial charge >= 0.3 is 5.97 Å². The van der Waals surface area contributed by atoms with E-state index in [0.29, 0.717) is 19.4 Å². The molecule has 144 valence electrons. The Labute approximate surface area is 152 Å². The molecule has 0 radical (unpaired) electrons. The van der Waals surface area contributed by atoms with Crippen LogP contribution in [-0.2, 0) is 9.59 Å². The average molecular weight is 365 g/mol. The summed E-state index contributed by atoms with van der Waals surface area (Å²) in [5.41, 5.74) is 10.4. The van der Waals surface area contributed by atoms with E-state index in [2.05, 4.69) is 6.92 Å². The third kappa shape index (κ3) is 23.6. The van der Waals surface area contributed by atoms with Crippen molar-refractivity contribution in [1.82, 2.24) is 0 Å². The molecule has 5 nitrogen and oxygen atoms in total. The maximum Gasteiger partial charge on any atom is 0.320 e. The number of carbonyl (C=O) groups is 2. The Morgan fingerprint density at radius 3 is 1.83 bits per heavy atom. The molecule has 0 fully saturated rings. The number of nitrogens with two attached hydrogens (primary N) is 2. The lowest BCUT2D eigenvalue weighted by molar-refractivity contribution is -0.138. The molecule has 24 heavy (non-hydrogen) atoms. The molecule has 0 unspecified atom stereocenters. The maximum absolute atomic E-state index is 10.4. The average Bonchev–Trinajstić information content (AvgIpc) is 2.53. The first kappa shape index (κ1) is 25.6. The molecule has 0 saturated carbocycles. The Hall–Kier alpha value is -0.650. The lowest BCUT2D eigenvalue weighted by Crippen LogP contribution is -2.29. The van der Waals surface area contributed by atoms with E-state index in [4.69, 9.17) is 28.2 Å². The first-order valence-electron chi connectivity index (χ1n) is 9.32. The minimum Gasteiger partial charge on any atom is -0.480 e. The number of hydrogen-bond donors (Lipinski definition) is 3. The molecule has 5 N–H and O–H groups in total. The minimum atomic E-state index is -0.933. The van der Waals surface area contributed by atoms with Gasteiger partial charge in [0.2, 0.25) is 5.24 Å². The molecule has 0 spiro atoms. The van der Waals surface area contributed by atoms with E-state index in [1.54, 1.807) is 0 Å². The van der Waals surface area contributed by atoms with Crippen molar-refractivity contribution in [2.45, 2.75) is 96.4 Å². The van der Waals surface area contributed by atoms with Gasteiger partial charge in [-0.1, -0.05) is 64.7 Å². The predicted octanol–water partition coefficient (Wildman–Crippen LogP) is 4.20. The SMILES string of the molecule is CCCCCCCCCCCC(=O)Cl.NCCCC[C@H](N)C(=O)O. The van der Waals surface area contributed by atoms with Crippen LogP contribution >= 0.6 is 11.6 Å². The Morgan fingerprint density at radius 1 is 0.917 bits per heavy atom. The molecule has 0 aliphatic heterocycles. The van der Waals surface area contributed by atoms with Gasteiger partial charge < -0.3 is 16.6 Å². The summed E-state index contributed by atoms with van der Waals surface area (Å²) in [6.07, 6.45) is 14.2. The van der Waals surface area contributed by atoms with Crippen LogP contribution < -0.4 is 11.5 Å². The van der Waals surface area contributed by atoms with Gasteiger partial charge in [0.1, 0.15) is 6.04 Å². The highest BCUT2D eigenvalue weighted by Gasteiger charge is 2.09. The van der Waals surface area contributed by atoms with Crippen LogP contribution in [-0.4, -0.2) is 28.9 Å². The monoisotopic (exact) mass is 364 g/mol. The highest BCUT2D eigenvalue weighted by Crippen LogP contribution is 2.10. The number of halogens is 1. The zero-order chi connectivity index (χ0) is 18.6. The van der Waals surface area contributed by atoms with Crippen LogP contribution in [0.5, 0.6) is 0 Å². The molecule has 0 aromatic rings. The van der Waals surface area contributed by atoms with Crippen molar-refractivity contribution < 1.29 is 14.7 Å². The third-order valence-electron chi connectivity index (χ3n) is 3.76. The van der Waals surface area contributed by atoms with Gasteiger partial charge in [0.25, 0.3) is 0 Å². The second-order valence-corrected chi connectivity index (χ2v) is 6.58. The van der Waals surface area contributed by atoms with Crippen molar-refractivity contribution in [2.24, 2.45) is 11.5 Å². The standard InChI is InChI=1S/C12H23ClO.C6H14N2O2/c1-2-3-4-5-6-7-8-9-10-11-12(13)14;7-4-2-1-3-5(8)6(9)10/h2-11H2,1H3;5H,1-4,7-8H2,(H,9,10)/t;5-/m.0/s1. The second kappa shape index (κ2) is 20.4. The Morgan fingerprint density at radius 2 is 1.42 bits per heavy atom. The van der Waals surface area contributed by atoms with Crippen molar-refractivity contribution in [3.8, 4) is 0 Å². The van der Waals surface area contributed by atoms with Crippen LogP contribution in [0.4, 0.5) is 0 Å². The molecular weight excluding hydrogens is 328 g/mol. The van der Waals surface area contributed by atoms with Gasteiger partial charge in [-0.15, -0.1) is 0 Å². The van der Waals surface area contributed by atoms with Gasteiger partial charge in [-0.2, -0.15) is 0 Å². The summed E-state index contributed by atoms with van der Waals surface area (Å²) in [7, 11) is 0. The molecule has 0 saturated heterocycles. The molecule has 0 heterocycles. The van der Waals surface area contributed by atoms with Crippen molar-refractivity contribution in [3.63, 3.8) is 0 Å². The van der Waals surface area contributed by atoms with E-state index in [1.807, 2.05) is 0 Å². The third-order valence-corrected chi connectivity index (χ3v) is 3.95. The van der Waals surface area contributed by atoms with E-state index in [-0.39, 0.29) is 5.24 Å². The lowest BCUT2D eigenvalue weighted by atomic mass is 10.1. The molecule has 0 aliphatic carbocycles. The largest absolute Gasteiger partial charge is 0.480 e. The number of carbonyl (C=O) groups excluding carboxylic acids is 1. The van der Waals surface area contributed by atoms with Gasteiger partial charge in [0.15, 0.2) is 0 Å². The molecule has 6 heteroatoms. The molecule has 0 aromatic carbocycles. The molecule has 0 bridgehead atoms. The number of hydrogen-bond acceptors (Lipinski definition) is 4. The Balaban J connectivity index is 0. The molecule has 0 aliphatic rings. The number of carboxylic acid groups (broad SMARTS) is 1. The van der Waals surface area contributed by atoms with E-state index in [1.165, 1.54) is 44.9 Å². The Bertz CT molecular complexity index is 302. The highest BCUT2D eigenvalue weighted by atomic mass is 35.5. The van der Waals surface area contributed by atoms with E-state index in [9.17, 15) is 9.59 Å². The summed E-state index contributed by atoms with van der Waals surface area (Å²) in [6, 6.07) is -0.716.